The first-order valence-electron chi connectivity index (χ1n) is 4.43. The van der Waals surface area contributed by atoms with E-state index in [-0.39, 0.29) is 15.2 Å². The Morgan fingerprint density at radius 3 is 2.29 bits per heavy atom. The van der Waals surface area contributed by atoms with Gasteiger partial charge in [0.25, 0.3) is 10.0 Å². The summed E-state index contributed by atoms with van der Waals surface area (Å²) in [4.78, 5) is 7.96. The standard InChI is InChI=1S/C9H6Cl2N3O2S/c1-12-17(15,16)5-2-3-6-7(4-5)14-9(11)8(10)13-6/h2-4H,1H3. The molecular weight excluding hydrogens is 285 g/mol. The van der Waals surface area contributed by atoms with Crippen molar-refractivity contribution in [2.75, 3.05) is 7.05 Å². The summed E-state index contributed by atoms with van der Waals surface area (Å²) in [7, 11) is -2.42. The Bertz CT molecular complexity index is 688. The second kappa shape index (κ2) is 4.38. The molecule has 0 fully saturated rings. The highest BCUT2D eigenvalue weighted by molar-refractivity contribution is 7.89. The number of benzene rings is 1. The van der Waals surface area contributed by atoms with E-state index in [0.29, 0.717) is 11.0 Å². The maximum Gasteiger partial charge on any atom is 0.256 e. The van der Waals surface area contributed by atoms with Crippen LogP contribution in [-0.4, -0.2) is 25.4 Å². The van der Waals surface area contributed by atoms with E-state index in [4.69, 9.17) is 23.2 Å². The Labute approximate surface area is 108 Å². The molecule has 0 aliphatic heterocycles. The Hall–Kier alpha value is -0.950. The lowest BCUT2D eigenvalue weighted by atomic mass is 10.3. The minimum absolute atomic E-state index is 0.0298. The molecule has 17 heavy (non-hydrogen) atoms. The molecule has 0 saturated carbocycles. The van der Waals surface area contributed by atoms with E-state index in [0.717, 1.165) is 0 Å². The van der Waals surface area contributed by atoms with Crippen LogP contribution in [0.5, 0.6) is 0 Å². The van der Waals surface area contributed by atoms with E-state index < -0.39 is 10.0 Å². The van der Waals surface area contributed by atoms with Gasteiger partial charge in [-0.1, -0.05) is 23.2 Å². The van der Waals surface area contributed by atoms with E-state index in [2.05, 4.69) is 14.7 Å². The van der Waals surface area contributed by atoms with Crippen LogP contribution in [-0.2, 0) is 10.0 Å². The van der Waals surface area contributed by atoms with Gasteiger partial charge in [-0.05, 0) is 18.2 Å². The lowest BCUT2D eigenvalue weighted by Gasteiger charge is -2.03. The molecule has 0 amide bonds. The molecule has 0 unspecified atom stereocenters. The SMILES string of the molecule is C[N]S(=O)(=O)c1ccc2nc(Cl)c(Cl)nc2c1. The fourth-order valence-electron chi connectivity index (χ4n) is 1.26. The topological polar surface area (TPSA) is 74.0 Å². The van der Waals surface area contributed by atoms with Gasteiger partial charge in [0.05, 0.1) is 15.9 Å². The number of nitrogens with zero attached hydrogens (tertiary/aromatic N) is 3. The third-order valence-electron chi connectivity index (χ3n) is 2.09. The smallest absolute Gasteiger partial charge is 0.231 e. The highest BCUT2D eigenvalue weighted by Crippen LogP contribution is 2.23. The predicted molar refractivity (Wildman–Crippen MR) is 64.8 cm³/mol. The van der Waals surface area contributed by atoms with Gasteiger partial charge < -0.3 is 0 Å². The van der Waals surface area contributed by atoms with Gasteiger partial charge in [-0.25, -0.2) is 18.4 Å². The van der Waals surface area contributed by atoms with Crippen molar-refractivity contribution in [2.24, 2.45) is 0 Å². The monoisotopic (exact) mass is 290 g/mol. The zero-order chi connectivity index (χ0) is 12.6. The Morgan fingerprint density at radius 2 is 1.71 bits per heavy atom. The molecule has 1 aromatic heterocycles. The van der Waals surface area contributed by atoms with Crippen LogP contribution < -0.4 is 4.72 Å². The van der Waals surface area contributed by atoms with Gasteiger partial charge in [-0.3, -0.25) is 0 Å². The van der Waals surface area contributed by atoms with Crippen LogP contribution in [0.4, 0.5) is 0 Å². The number of sulfonamides is 1. The molecule has 1 heterocycles. The fraction of sp³-hybridized carbons (Fsp3) is 0.111. The van der Waals surface area contributed by atoms with E-state index in [9.17, 15) is 8.42 Å². The molecule has 5 nitrogen and oxygen atoms in total. The summed E-state index contributed by atoms with van der Waals surface area (Å²) in [5, 5.41) is 0.108. The van der Waals surface area contributed by atoms with Gasteiger partial charge >= 0.3 is 0 Å². The largest absolute Gasteiger partial charge is 0.256 e. The van der Waals surface area contributed by atoms with Gasteiger partial charge in [-0.15, -0.1) is 4.72 Å². The van der Waals surface area contributed by atoms with Crippen molar-refractivity contribution < 1.29 is 8.42 Å². The predicted octanol–water partition coefficient (Wildman–Crippen LogP) is 1.86. The van der Waals surface area contributed by atoms with Crippen LogP contribution >= 0.6 is 23.2 Å². The summed E-state index contributed by atoms with van der Waals surface area (Å²) in [6.45, 7) is 0. The van der Waals surface area contributed by atoms with Crippen LogP contribution in [0.1, 0.15) is 0 Å². The second-order valence-corrected chi connectivity index (χ2v) is 5.62. The zero-order valence-corrected chi connectivity index (χ0v) is 10.9. The van der Waals surface area contributed by atoms with Crippen molar-refractivity contribution in [1.29, 1.82) is 0 Å². The molecule has 0 aliphatic carbocycles. The van der Waals surface area contributed by atoms with E-state index in [1.54, 1.807) is 0 Å². The van der Waals surface area contributed by atoms with Gasteiger partial charge in [0.15, 0.2) is 10.3 Å². The number of hydrogen-bond donors (Lipinski definition) is 0. The van der Waals surface area contributed by atoms with E-state index in [1.165, 1.54) is 25.2 Å². The first-order valence-corrected chi connectivity index (χ1v) is 6.62. The summed E-state index contributed by atoms with van der Waals surface area (Å²) in [5.74, 6) is 0. The van der Waals surface area contributed by atoms with Crippen molar-refractivity contribution in [2.45, 2.75) is 4.90 Å². The van der Waals surface area contributed by atoms with E-state index in [1.807, 2.05) is 0 Å². The molecule has 1 aromatic carbocycles. The minimum Gasteiger partial charge on any atom is -0.231 e. The molecule has 0 spiro atoms. The Balaban J connectivity index is 2.70. The first kappa shape index (κ1) is 12.5. The maximum atomic E-state index is 11.5. The normalized spacial score (nSPS) is 11.9. The highest BCUT2D eigenvalue weighted by Gasteiger charge is 2.14. The van der Waals surface area contributed by atoms with E-state index >= 15 is 0 Å². The summed E-state index contributed by atoms with van der Waals surface area (Å²) < 4.78 is 26.3. The molecule has 0 atom stereocenters. The van der Waals surface area contributed by atoms with Crippen LogP contribution in [0.3, 0.4) is 0 Å². The summed E-state index contributed by atoms with van der Waals surface area (Å²) >= 11 is 11.4. The Morgan fingerprint density at radius 1 is 1.12 bits per heavy atom. The number of halogens is 2. The van der Waals surface area contributed by atoms with Crippen LogP contribution in [0.25, 0.3) is 11.0 Å². The number of hydrogen-bond acceptors (Lipinski definition) is 4. The molecule has 0 bridgehead atoms. The molecule has 8 heteroatoms. The maximum absolute atomic E-state index is 11.5. The number of aromatic nitrogens is 2. The van der Waals surface area contributed by atoms with Crippen LogP contribution in [0, 0.1) is 0 Å². The zero-order valence-electron chi connectivity index (χ0n) is 8.55. The van der Waals surface area contributed by atoms with Crippen LogP contribution in [0.15, 0.2) is 23.1 Å². The first-order chi connectivity index (χ1) is 7.94. The molecule has 0 aliphatic rings. The molecular formula is C9H6Cl2N3O2S. The molecule has 0 saturated heterocycles. The van der Waals surface area contributed by atoms with Gasteiger partial charge in [-0.2, -0.15) is 0 Å². The average molecular weight is 291 g/mol. The molecule has 1 radical (unpaired) electrons. The minimum atomic E-state index is -3.63. The van der Waals surface area contributed by atoms with Crippen molar-refractivity contribution in [3.8, 4) is 0 Å². The van der Waals surface area contributed by atoms with Crippen molar-refractivity contribution in [3.63, 3.8) is 0 Å². The fourth-order valence-corrected chi connectivity index (χ4v) is 2.23. The van der Waals surface area contributed by atoms with Crippen molar-refractivity contribution >= 4 is 44.3 Å². The number of rotatable bonds is 2. The number of fused-ring (bicyclic) bond motifs is 1. The molecule has 2 aromatic rings. The van der Waals surface area contributed by atoms with Gasteiger partial charge in [0.2, 0.25) is 0 Å². The molecule has 89 valence electrons. The third-order valence-corrected chi connectivity index (χ3v) is 4.05. The summed E-state index contributed by atoms with van der Waals surface area (Å²) in [6.07, 6.45) is 0. The van der Waals surface area contributed by atoms with Gasteiger partial charge in [0, 0.05) is 7.05 Å². The van der Waals surface area contributed by atoms with Crippen molar-refractivity contribution in [3.05, 3.63) is 28.5 Å². The third kappa shape index (κ3) is 2.35. The van der Waals surface area contributed by atoms with Gasteiger partial charge in [0.1, 0.15) is 0 Å². The Kier molecular flexibility index (Phi) is 3.22. The molecule has 2 rings (SSSR count). The molecule has 0 N–H and O–H groups in total. The summed E-state index contributed by atoms with van der Waals surface area (Å²) in [6, 6.07) is 4.25. The quantitative estimate of drug-likeness (QED) is 0.846. The average Bonchev–Trinajstić information content (AvgIpc) is 2.30. The van der Waals surface area contributed by atoms with Crippen LogP contribution in [0.2, 0.25) is 10.3 Å². The lowest BCUT2D eigenvalue weighted by molar-refractivity contribution is 0.587. The summed E-state index contributed by atoms with van der Waals surface area (Å²) in [5.41, 5.74) is 0.818. The van der Waals surface area contributed by atoms with Crippen molar-refractivity contribution in [1.82, 2.24) is 14.7 Å². The highest BCUT2D eigenvalue weighted by atomic mass is 35.5. The lowest BCUT2D eigenvalue weighted by Crippen LogP contribution is -2.11. The second-order valence-electron chi connectivity index (χ2n) is 3.11.